The standard InChI is InChI=1S/C15H15F2O2S/c16-15(17)19-13-5-6-14(20-9-7-18-8-10-20)12-4-2-1-3-11(12)13/h1-6,15H,7-10H2/q+1. The normalized spacial score (nSPS) is 16.8. The van der Waals surface area contributed by atoms with Gasteiger partial charge in [0.2, 0.25) is 0 Å². The summed E-state index contributed by atoms with van der Waals surface area (Å²) in [6.45, 7) is -1.26. The van der Waals surface area contributed by atoms with Crippen LogP contribution < -0.4 is 4.74 Å². The Bertz CT molecular complexity index is 597. The predicted octanol–water partition coefficient (Wildman–Crippen LogP) is 3.45. The number of hydrogen-bond donors (Lipinski definition) is 0. The summed E-state index contributed by atoms with van der Waals surface area (Å²) in [5.41, 5.74) is 0. The first-order valence-corrected chi connectivity index (χ1v) is 8.04. The number of rotatable bonds is 3. The van der Waals surface area contributed by atoms with Crippen LogP contribution in [0.2, 0.25) is 0 Å². The highest BCUT2D eigenvalue weighted by Gasteiger charge is 2.28. The van der Waals surface area contributed by atoms with Crippen molar-refractivity contribution in [1.82, 2.24) is 0 Å². The van der Waals surface area contributed by atoms with Gasteiger partial charge in [-0.2, -0.15) is 8.78 Å². The van der Waals surface area contributed by atoms with E-state index in [2.05, 4.69) is 4.74 Å². The van der Waals surface area contributed by atoms with Gasteiger partial charge in [0.05, 0.1) is 13.2 Å². The van der Waals surface area contributed by atoms with Gasteiger partial charge in [0, 0.05) is 21.7 Å². The van der Waals surface area contributed by atoms with Crippen molar-refractivity contribution in [2.75, 3.05) is 24.7 Å². The van der Waals surface area contributed by atoms with E-state index in [1.807, 2.05) is 30.3 Å². The van der Waals surface area contributed by atoms with Crippen LogP contribution >= 0.6 is 0 Å². The Hall–Kier alpha value is -1.33. The molecule has 0 saturated carbocycles. The van der Waals surface area contributed by atoms with Crippen LogP contribution in [0.1, 0.15) is 0 Å². The van der Waals surface area contributed by atoms with Crippen LogP contribution in [0, 0.1) is 0 Å². The molecule has 1 aliphatic rings. The highest BCUT2D eigenvalue weighted by atomic mass is 32.2. The summed E-state index contributed by atoms with van der Waals surface area (Å²) >= 11 is 0. The first kappa shape index (κ1) is 13.6. The van der Waals surface area contributed by atoms with Crippen molar-refractivity contribution >= 4 is 21.7 Å². The molecule has 0 unspecified atom stereocenters. The molecule has 1 saturated heterocycles. The molecular weight excluding hydrogens is 282 g/mol. The van der Waals surface area contributed by atoms with Crippen LogP contribution in [0.5, 0.6) is 5.75 Å². The molecule has 0 bridgehead atoms. The molecule has 20 heavy (non-hydrogen) atoms. The predicted molar refractivity (Wildman–Crippen MR) is 76.8 cm³/mol. The van der Waals surface area contributed by atoms with E-state index >= 15 is 0 Å². The van der Waals surface area contributed by atoms with E-state index in [4.69, 9.17) is 4.74 Å². The van der Waals surface area contributed by atoms with Gasteiger partial charge in [0.1, 0.15) is 17.3 Å². The Labute approximate surface area is 119 Å². The van der Waals surface area contributed by atoms with Crippen LogP contribution in [-0.2, 0) is 15.6 Å². The van der Waals surface area contributed by atoms with Crippen LogP contribution in [0.15, 0.2) is 41.3 Å². The van der Waals surface area contributed by atoms with E-state index < -0.39 is 6.61 Å². The van der Waals surface area contributed by atoms with E-state index in [0.29, 0.717) is 0 Å². The highest BCUT2D eigenvalue weighted by Crippen LogP contribution is 2.33. The zero-order valence-corrected chi connectivity index (χ0v) is 11.7. The molecule has 0 atom stereocenters. The second kappa shape index (κ2) is 5.97. The lowest BCUT2D eigenvalue weighted by molar-refractivity contribution is -0.0488. The summed E-state index contributed by atoms with van der Waals surface area (Å²) in [6, 6.07) is 11.2. The fraction of sp³-hybridized carbons (Fsp3) is 0.333. The monoisotopic (exact) mass is 297 g/mol. The molecule has 5 heteroatoms. The number of benzene rings is 2. The summed E-state index contributed by atoms with van der Waals surface area (Å²) < 4.78 is 34.9. The number of fused-ring (bicyclic) bond motifs is 1. The number of alkyl halides is 2. The van der Waals surface area contributed by atoms with E-state index in [1.54, 1.807) is 6.07 Å². The van der Waals surface area contributed by atoms with Gasteiger partial charge in [-0.25, -0.2) is 0 Å². The fourth-order valence-corrected chi connectivity index (χ4v) is 4.47. The van der Waals surface area contributed by atoms with Crippen LogP contribution in [0.25, 0.3) is 10.8 Å². The quantitative estimate of drug-likeness (QED) is 0.808. The Kier molecular flexibility index (Phi) is 4.08. The molecule has 0 radical (unpaired) electrons. The minimum absolute atomic E-state index is 0.128. The smallest absolute Gasteiger partial charge is 0.387 e. The third kappa shape index (κ3) is 2.74. The van der Waals surface area contributed by atoms with Gasteiger partial charge in [-0.15, -0.1) is 0 Å². The summed E-state index contributed by atoms with van der Waals surface area (Å²) in [7, 11) is 0.128. The average molecular weight is 297 g/mol. The topological polar surface area (TPSA) is 18.5 Å². The van der Waals surface area contributed by atoms with Gasteiger partial charge < -0.3 is 9.47 Å². The lowest BCUT2D eigenvalue weighted by Crippen LogP contribution is -2.26. The summed E-state index contributed by atoms with van der Waals surface area (Å²) in [5.74, 6) is 2.24. The van der Waals surface area contributed by atoms with Gasteiger partial charge in [-0.05, 0) is 18.2 Å². The van der Waals surface area contributed by atoms with Gasteiger partial charge in [0.15, 0.2) is 4.90 Å². The molecule has 0 amide bonds. The van der Waals surface area contributed by atoms with Crippen LogP contribution in [0.3, 0.4) is 0 Å². The molecule has 0 aliphatic carbocycles. The summed E-state index contributed by atoms with van der Waals surface area (Å²) in [5, 5.41) is 1.76. The van der Waals surface area contributed by atoms with Crippen molar-refractivity contribution in [1.29, 1.82) is 0 Å². The Morgan fingerprint density at radius 3 is 2.40 bits per heavy atom. The highest BCUT2D eigenvalue weighted by molar-refractivity contribution is 7.97. The molecular formula is C15H15F2O2S+. The van der Waals surface area contributed by atoms with Crippen molar-refractivity contribution in [2.45, 2.75) is 11.5 Å². The third-order valence-electron chi connectivity index (χ3n) is 3.32. The maximum Gasteiger partial charge on any atom is 0.387 e. The minimum Gasteiger partial charge on any atom is -0.434 e. The van der Waals surface area contributed by atoms with Crippen molar-refractivity contribution in [2.24, 2.45) is 0 Å². The van der Waals surface area contributed by atoms with Crippen molar-refractivity contribution < 1.29 is 18.3 Å². The summed E-state index contributed by atoms with van der Waals surface area (Å²) in [4.78, 5) is 1.23. The summed E-state index contributed by atoms with van der Waals surface area (Å²) in [6.07, 6.45) is 0. The Morgan fingerprint density at radius 2 is 1.70 bits per heavy atom. The number of halogens is 2. The second-order valence-electron chi connectivity index (χ2n) is 4.50. The fourth-order valence-electron chi connectivity index (χ4n) is 2.44. The van der Waals surface area contributed by atoms with E-state index in [1.165, 1.54) is 4.90 Å². The molecule has 2 nitrogen and oxygen atoms in total. The van der Waals surface area contributed by atoms with Crippen LogP contribution in [-0.4, -0.2) is 31.3 Å². The minimum atomic E-state index is -2.80. The van der Waals surface area contributed by atoms with Gasteiger partial charge in [-0.3, -0.25) is 0 Å². The lowest BCUT2D eigenvalue weighted by atomic mass is 10.1. The van der Waals surface area contributed by atoms with E-state index in [0.717, 1.165) is 35.5 Å². The van der Waals surface area contributed by atoms with Crippen LogP contribution in [0.4, 0.5) is 8.78 Å². The second-order valence-corrected chi connectivity index (χ2v) is 6.74. The Morgan fingerprint density at radius 1 is 1.00 bits per heavy atom. The maximum absolute atomic E-state index is 12.5. The molecule has 0 N–H and O–H groups in total. The third-order valence-corrected chi connectivity index (χ3v) is 5.62. The first-order chi connectivity index (χ1) is 9.75. The molecule has 0 aromatic heterocycles. The zero-order chi connectivity index (χ0) is 13.9. The lowest BCUT2D eigenvalue weighted by Gasteiger charge is -2.16. The van der Waals surface area contributed by atoms with Gasteiger partial charge >= 0.3 is 6.61 Å². The number of ether oxygens (including phenoxy) is 2. The number of hydrogen-bond acceptors (Lipinski definition) is 2. The molecule has 1 heterocycles. The van der Waals surface area contributed by atoms with Gasteiger partial charge in [-0.1, -0.05) is 18.2 Å². The van der Waals surface area contributed by atoms with Gasteiger partial charge in [0.25, 0.3) is 0 Å². The first-order valence-electron chi connectivity index (χ1n) is 6.47. The van der Waals surface area contributed by atoms with E-state index in [9.17, 15) is 8.78 Å². The van der Waals surface area contributed by atoms with E-state index in [-0.39, 0.29) is 16.6 Å². The van der Waals surface area contributed by atoms with Crippen molar-refractivity contribution in [3.8, 4) is 5.75 Å². The van der Waals surface area contributed by atoms with Crippen molar-refractivity contribution in [3.05, 3.63) is 36.4 Å². The molecule has 2 aromatic rings. The largest absolute Gasteiger partial charge is 0.434 e. The molecule has 2 aromatic carbocycles. The Balaban J connectivity index is 2.05. The molecule has 0 spiro atoms. The maximum atomic E-state index is 12.5. The zero-order valence-electron chi connectivity index (χ0n) is 10.9. The van der Waals surface area contributed by atoms with Crippen molar-refractivity contribution in [3.63, 3.8) is 0 Å². The molecule has 106 valence electrons. The molecule has 3 rings (SSSR count). The SMILES string of the molecule is FC(F)Oc1ccc([S+]2CCOCC2)c2ccccc12. The molecule has 1 fully saturated rings. The average Bonchev–Trinajstić information content (AvgIpc) is 2.48. The molecule has 1 aliphatic heterocycles.